The van der Waals surface area contributed by atoms with Gasteiger partial charge >= 0.3 is 0 Å². The minimum Gasteiger partial charge on any atom is -0.376 e. The fraction of sp³-hybridized carbons (Fsp3) is 0.769. The Morgan fingerprint density at radius 1 is 1.50 bits per heavy atom. The predicted octanol–water partition coefficient (Wildman–Crippen LogP) is 1.76. The molecule has 0 amide bonds. The molecule has 18 heavy (non-hydrogen) atoms. The molecule has 0 spiro atoms. The fourth-order valence-electron chi connectivity index (χ4n) is 3.07. The van der Waals surface area contributed by atoms with Crippen molar-refractivity contribution in [2.75, 3.05) is 7.11 Å². The number of ether oxygens (including phenoxy) is 1. The molecule has 1 unspecified atom stereocenters. The molecule has 1 aromatic rings. The average molecular weight is 252 g/mol. The molecule has 3 N–H and O–H groups in total. The van der Waals surface area contributed by atoms with Crippen molar-refractivity contribution in [1.82, 2.24) is 15.0 Å². The molecule has 1 saturated carbocycles. The quantitative estimate of drug-likeness (QED) is 0.619. The number of hydrazine groups is 1. The van der Waals surface area contributed by atoms with Crippen LogP contribution in [0.2, 0.25) is 0 Å². The molecule has 1 fully saturated rings. The van der Waals surface area contributed by atoms with Crippen LogP contribution in [0.25, 0.3) is 0 Å². The molecule has 5 heteroatoms. The van der Waals surface area contributed by atoms with Gasteiger partial charge in [0, 0.05) is 26.0 Å². The number of nitrogens with one attached hydrogen (secondary N) is 1. The first-order chi connectivity index (χ1) is 8.77. The molecule has 1 atom stereocenters. The topological polar surface area (TPSA) is 65.1 Å². The van der Waals surface area contributed by atoms with Gasteiger partial charge in [-0.05, 0) is 19.8 Å². The Kier molecular flexibility index (Phi) is 4.37. The lowest BCUT2D eigenvalue weighted by Gasteiger charge is -2.41. The maximum absolute atomic E-state index is 5.86. The van der Waals surface area contributed by atoms with Crippen molar-refractivity contribution >= 4 is 0 Å². The molecule has 1 aliphatic rings. The van der Waals surface area contributed by atoms with Gasteiger partial charge in [0.05, 0.1) is 5.60 Å². The monoisotopic (exact) mass is 252 g/mol. The molecule has 0 aliphatic heterocycles. The van der Waals surface area contributed by atoms with Gasteiger partial charge in [0.1, 0.15) is 11.9 Å². The van der Waals surface area contributed by atoms with Crippen molar-refractivity contribution in [2.45, 2.75) is 57.2 Å². The average Bonchev–Trinajstić information content (AvgIpc) is 2.89. The van der Waals surface area contributed by atoms with Crippen LogP contribution in [-0.2, 0) is 11.3 Å². The number of nitrogens with zero attached hydrogens (tertiary/aromatic N) is 2. The van der Waals surface area contributed by atoms with Gasteiger partial charge in [0.2, 0.25) is 0 Å². The first-order valence-electron chi connectivity index (χ1n) is 6.79. The number of rotatable bonds is 5. The number of aromatic nitrogens is 2. The minimum atomic E-state index is -0.217. The molecular formula is C13H24N4O. The Labute approximate surface area is 109 Å². The summed E-state index contributed by atoms with van der Waals surface area (Å²) in [6.07, 6.45) is 9.56. The van der Waals surface area contributed by atoms with Gasteiger partial charge < -0.3 is 9.30 Å². The largest absolute Gasteiger partial charge is 0.376 e. The van der Waals surface area contributed by atoms with Crippen LogP contribution < -0.4 is 11.3 Å². The highest BCUT2D eigenvalue weighted by atomic mass is 16.5. The zero-order valence-electron chi connectivity index (χ0n) is 11.4. The number of imidazole rings is 1. The minimum absolute atomic E-state index is 0.0438. The smallest absolute Gasteiger partial charge is 0.130 e. The summed E-state index contributed by atoms with van der Waals surface area (Å²) < 4.78 is 7.98. The van der Waals surface area contributed by atoms with Gasteiger partial charge in [-0.25, -0.2) is 10.4 Å². The summed E-state index contributed by atoms with van der Waals surface area (Å²) in [5, 5.41) is 0. The fourth-order valence-corrected chi connectivity index (χ4v) is 3.07. The van der Waals surface area contributed by atoms with Crippen LogP contribution in [0.5, 0.6) is 0 Å². The molecular weight excluding hydrogens is 228 g/mol. The zero-order valence-corrected chi connectivity index (χ0v) is 11.4. The Morgan fingerprint density at radius 3 is 2.78 bits per heavy atom. The molecule has 0 aromatic carbocycles. The van der Waals surface area contributed by atoms with E-state index in [9.17, 15) is 0 Å². The molecule has 2 rings (SSSR count). The van der Waals surface area contributed by atoms with Crippen LogP contribution in [0.4, 0.5) is 0 Å². The highest BCUT2D eigenvalue weighted by Crippen LogP contribution is 2.40. The summed E-state index contributed by atoms with van der Waals surface area (Å²) in [4.78, 5) is 4.47. The van der Waals surface area contributed by atoms with Crippen LogP contribution in [-0.4, -0.2) is 22.3 Å². The van der Waals surface area contributed by atoms with Crippen LogP contribution in [0.15, 0.2) is 12.4 Å². The Morgan fingerprint density at radius 2 is 2.22 bits per heavy atom. The predicted molar refractivity (Wildman–Crippen MR) is 70.8 cm³/mol. The second-order valence-corrected chi connectivity index (χ2v) is 5.00. The van der Waals surface area contributed by atoms with Crippen molar-refractivity contribution in [3.05, 3.63) is 18.2 Å². The van der Waals surface area contributed by atoms with Crippen molar-refractivity contribution < 1.29 is 4.74 Å². The lowest BCUT2D eigenvalue weighted by Crippen LogP contribution is -2.50. The maximum Gasteiger partial charge on any atom is 0.130 e. The Balaban J connectivity index is 2.31. The van der Waals surface area contributed by atoms with E-state index in [4.69, 9.17) is 10.6 Å². The highest BCUT2D eigenvalue weighted by molar-refractivity contribution is 5.08. The van der Waals surface area contributed by atoms with Gasteiger partial charge in [0.15, 0.2) is 0 Å². The van der Waals surface area contributed by atoms with Gasteiger partial charge in [-0.1, -0.05) is 19.3 Å². The Bertz CT molecular complexity index is 371. The van der Waals surface area contributed by atoms with E-state index in [0.29, 0.717) is 0 Å². The van der Waals surface area contributed by atoms with E-state index in [-0.39, 0.29) is 11.6 Å². The zero-order chi connectivity index (χ0) is 13.0. The Hall–Kier alpha value is -0.910. The second kappa shape index (κ2) is 5.82. The van der Waals surface area contributed by atoms with Gasteiger partial charge in [0.25, 0.3) is 0 Å². The van der Waals surface area contributed by atoms with E-state index in [2.05, 4.69) is 21.9 Å². The lowest BCUT2D eigenvalue weighted by molar-refractivity contribution is -0.0715. The standard InChI is InChI=1S/C13H24N4O/c1-3-17-10-9-15-12(17)11(16-14)13(18-2)7-5-4-6-8-13/h9-11,16H,3-8,14H2,1-2H3. The third-order valence-corrected chi connectivity index (χ3v) is 4.15. The van der Waals surface area contributed by atoms with Gasteiger partial charge in [-0.15, -0.1) is 0 Å². The molecule has 5 nitrogen and oxygen atoms in total. The van der Waals surface area contributed by atoms with E-state index >= 15 is 0 Å². The molecule has 0 bridgehead atoms. The van der Waals surface area contributed by atoms with E-state index in [1.165, 1.54) is 19.3 Å². The van der Waals surface area contributed by atoms with Crippen molar-refractivity contribution in [3.63, 3.8) is 0 Å². The van der Waals surface area contributed by atoms with E-state index < -0.39 is 0 Å². The summed E-state index contributed by atoms with van der Waals surface area (Å²) in [5.74, 6) is 6.77. The molecule has 1 heterocycles. The number of hydrogen-bond acceptors (Lipinski definition) is 4. The third-order valence-electron chi connectivity index (χ3n) is 4.15. The number of nitrogens with two attached hydrogens (primary N) is 1. The van der Waals surface area contributed by atoms with Crippen LogP contribution in [0.3, 0.4) is 0 Å². The first-order valence-corrected chi connectivity index (χ1v) is 6.79. The van der Waals surface area contributed by atoms with E-state index in [0.717, 1.165) is 25.2 Å². The van der Waals surface area contributed by atoms with Crippen LogP contribution in [0.1, 0.15) is 50.9 Å². The summed E-state index contributed by atoms with van der Waals surface area (Å²) in [6.45, 7) is 3.01. The summed E-state index contributed by atoms with van der Waals surface area (Å²) in [6, 6.07) is -0.0438. The van der Waals surface area contributed by atoms with Gasteiger partial charge in [-0.2, -0.15) is 0 Å². The number of aryl methyl sites for hydroxylation is 1. The van der Waals surface area contributed by atoms with Crippen LogP contribution in [0, 0.1) is 0 Å². The van der Waals surface area contributed by atoms with Gasteiger partial charge in [-0.3, -0.25) is 5.84 Å². The normalized spacial score (nSPS) is 20.8. The molecule has 1 aromatic heterocycles. The molecule has 1 aliphatic carbocycles. The molecule has 102 valence electrons. The lowest BCUT2D eigenvalue weighted by atomic mass is 9.79. The maximum atomic E-state index is 5.86. The third kappa shape index (κ3) is 2.30. The van der Waals surface area contributed by atoms with Crippen molar-refractivity contribution in [3.8, 4) is 0 Å². The van der Waals surface area contributed by atoms with Crippen molar-refractivity contribution in [2.24, 2.45) is 5.84 Å². The van der Waals surface area contributed by atoms with E-state index in [1.807, 2.05) is 12.4 Å². The molecule has 0 saturated heterocycles. The van der Waals surface area contributed by atoms with Crippen LogP contribution >= 0.6 is 0 Å². The highest BCUT2D eigenvalue weighted by Gasteiger charge is 2.42. The SMILES string of the molecule is CCn1ccnc1C(NN)C1(OC)CCCCC1. The first kappa shape index (κ1) is 13.5. The second-order valence-electron chi connectivity index (χ2n) is 5.00. The summed E-state index contributed by atoms with van der Waals surface area (Å²) in [5.41, 5.74) is 2.72. The number of methoxy groups -OCH3 is 1. The van der Waals surface area contributed by atoms with E-state index in [1.54, 1.807) is 7.11 Å². The van der Waals surface area contributed by atoms with Crippen molar-refractivity contribution in [1.29, 1.82) is 0 Å². The summed E-state index contributed by atoms with van der Waals surface area (Å²) in [7, 11) is 1.79. The number of hydrogen-bond donors (Lipinski definition) is 2. The summed E-state index contributed by atoms with van der Waals surface area (Å²) >= 11 is 0. The molecule has 0 radical (unpaired) electrons.